The second-order valence-corrected chi connectivity index (χ2v) is 5.52. The lowest BCUT2D eigenvalue weighted by atomic mass is 9.97. The van der Waals surface area contributed by atoms with Crippen LogP contribution in [0.1, 0.15) is 19.3 Å². The molecule has 0 aliphatic carbocycles. The number of aromatic nitrogens is 3. The molecule has 0 amide bonds. The van der Waals surface area contributed by atoms with Gasteiger partial charge in [0.2, 0.25) is 0 Å². The number of pyridine rings is 1. The van der Waals surface area contributed by atoms with E-state index in [1.165, 1.54) is 9.13 Å². The van der Waals surface area contributed by atoms with Crippen molar-refractivity contribution < 1.29 is 4.74 Å². The summed E-state index contributed by atoms with van der Waals surface area (Å²) in [5.74, 6) is 0.528. The summed E-state index contributed by atoms with van der Waals surface area (Å²) in [4.78, 5) is 28.9. The molecule has 0 saturated carbocycles. The first-order valence-corrected chi connectivity index (χ1v) is 7.31. The number of aryl methyl sites for hydroxylation is 1. The zero-order chi connectivity index (χ0) is 14.8. The molecule has 1 fully saturated rings. The molecule has 2 aromatic heterocycles. The fourth-order valence-corrected chi connectivity index (χ4v) is 2.88. The van der Waals surface area contributed by atoms with Crippen LogP contribution in [0.4, 0.5) is 0 Å². The Hall–Kier alpha value is -1.95. The van der Waals surface area contributed by atoms with E-state index in [1.54, 1.807) is 25.4 Å². The first kappa shape index (κ1) is 14.0. The van der Waals surface area contributed by atoms with E-state index in [4.69, 9.17) is 4.74 Å². The summed E-state index contributed by atoms with van der Waals surface area (Å²) in [5, 5.41) is 0.492. The topological polar surface area (TPSA) is 66.1 Å². The van der Waals surface area contributed by atoms with E-state index in [2.05, 4.69) is 4.98 Å². The highest BCUT2D eigenvalue weighted by Gasteiger charge is 2.16. The maximum Gasteiger partial charge on any atom is 0.332 e. The van der Waals surface area contributed by atoms with Crippen LogP contribution < -0.4 is 11.2 Å². The lowest BCUT2D eigenvalue weighted by molar-refractivity contribution is 0.0624. The number of hydrogen-bond acceptors (Lipinski definition) is 4. The summed E-state index contributed by atoms with van der Waals surface area (Å²) in [6, 6.07) is 3.44. The lowest BCUT2D eigenvalue weighted by Gasteiger charge is -2.22. The maximum atomic E-state index is 12.5. The Balaban J connectivity index is 1.94. The van der Waals surface area contributed by atoms with Gasteiger partial charge in [0.05, 0.1) is 5.39 Å². The van der Waals surface area contributed by atoms with Gasteiger partial charge in [0, 0.05) is 33.0 Å². The Kier molecular flexibility index (Phi) is 3.88. The number of nitrogens with zero attached hydrogens (tertiary/aromatic N) is 3. The second kappa shape index (κ2) is 5.81. The third-order valence-electron chi connectivity index (χ3n) is 4.20. The molecular weight excluding hydrogens is 270 g/mol. The Morgan fingerprint density at radius 3 is 2.86 bits per heavy atom. The van der Waals surface area contributed by atoms with Crippen LogP contribution >= 0.6 is 0 Å². The quantitative estimate of drug-likeness (QED) is 0.842. The number of fused-ring (bicyclic) bond motifs is 1. The van der Waals surface area contributed by atoms with E-state index in [9.17, 15) is 9.59 Å². The summed E-state index contributed by atoms with van der Waals surface area (Å²) in [6.45, 7) is 2.01. The molecule has 1 saturated heterocycles. The van der Waals surface area contributed by atoms with E-state index in [-0.39, 0.29) is 11.2 Å². The third-order valence-corrected chi connectivity index (χ3v) is 4.20. The number of hydrogen-bond donors (Lipinski definition) is 0. The highest BCUT2D eigenvalue weighted by Crippen LogP contribution is 2.18. The van der Waals surface area contributed by atoms with Gasteiger partial charge in [0.25, 0.3) is 5.56 Å². The summed E-state index contributed by atoms with van der Waals surface area (Å²) < 4.78 is 8.11. The standard InChI is InChI=1S/C15H19N3O3/c1-17-13-12(3-2-7-16-13)14(19)18(15(17)20)8-4-11-5-9-21-10-6-11/h2-3,7,11H,4-6,8-10H2,1H3. The largest absolute Gasteiger partial charge is 0.381 e. The van der Waals surface area contributed by atoms with Crippen LogP contribution in [0.2, 0.25) is 0 Å². The van der Waals surface area contributed by atoms with Gasteiger partial charge in [-0.1, -0.05) is 0 Å². The van der Waals surface area contributed by atoms with Crippen LogP contribution in [-0.4, -0.2) is 27.3 Å². The van der Waals surface area contributed by atoms with Crippen LogP contribution in [0.5, 0.6) is 0 Å². The molecule has 0 bridgehead atoms. The monoisotopic (exact) mass is 289 g/mol. The van der Waals surface area contributed by atoms with E-state index in [0.717, 1.165) is 32.5 Å². The van der Waals surface area contributed by atoms with Gasteiger partial charge >= 0.3 is 5.69 Å². The zero-order valence-corrected chi connectivity index (χ0v) is 12.1. The molecule has 0 spiro atoms. The average molecular weight is 289 g/mol. The fourth-order valence-electron chi connectivity index (χ4n) is 2.88. The van der Waals surface area contributed by atoms with Crippen LogP contribution in [0.3, 0.4) is 0 Å². The molecular formula is C15H19N3O3. The molecule has 1 aliphatic heterocycles. The van der Waals surface area contributed by atoms with Gasteiger partial charge in [0.1, 0.15) is 5.65 Å². The molecule has 0 aromatic carbocycles. The smallest absolute Gasteiger partial charge is 0.332 e. The van der Waals surface area contributed by atoms with Gasteiger partial charge in [-0.25, -0.2) is 9.78 Å². The maximum absolute atomic E-state index is 12.5. The Morgan fingerprint density at radius 1 is 1.33 bits per heavy atom. The van der Waals surface area contributed by atoms with Crippen LogP contribution in [0.15, 0.2) is 27.9 Å². The molecule has 2 aromatic rings. The first-order chi connectivity index (χ1) is 10.2. The summed E-state index contributed by atoms with van der Waals surface area (Å²) in [6.07, 6.45) is 4.44. The Bertz CT molecular complexity index is 757. The molecule has 0 N–H and O–H groups in total. The summed E-state index contributed by atoms with van der Waals surface area (Å²) in [7, 11) is 1.65. The van der Waals surface area contributed by atoms with Crippen LogP contribution in [0, 0.1) is 5.92 Å². The van der Waals surface area contributed by atoms with E-state index >= 15 is 0 Å². The SMILES string of the molecule is Cn1c(=O)n(CCC2CCOCC2)c(=O)c2cccnc21. The predicted octanol–water partition coefficient (Wildman–Crippen LogP) is 0.912. The van der Waals surface area contributed by atoms with Crippen molar-refractivity contribution in [2.45, 2.75) is 25.8 Å². The van der Waals surface area contributed by atoms with Gasteiger partial charge in [-0.05, 0) is 37.3 Å². The molecule has 6 nitrogen and oxygen atoms in total. The molecule has 3 heterocycles. The van der Waals surface area contributed by atoms with Crippen molar-refractivity contribution in [3.8, 4) is 0 Å². The normalized spacial score (nSPS) is 16.4. The van der Waals surface area contributed by atoms with Crippen molar-refractivity contribution in [3.05, 3.63) is 39.2 Å². The van der Waals surface area contributed by atoms with E-state index in [1.807, 2.05) is 0 Å². The van der Waals surface area contributed by atoms with Gasteiger partial charge in [-0.2, -0.15) is 0 Å². The molecule has 0 atom stereocenters. The van der Waals surface area contributed by atoms with Gasteiger partial charge < -0.3 is 4.74 Å². The average Bonchev–Trinajstić information content (AvgIpc) is 2.54. The minimum absolute atomic E-state index is 0.242. The second-order valence-electron chi connectivity index (χ2n) is 5.52. The Labute approximate surface area is 122 Å². The number of rotatable bonds is 3. The molecule has 6 heteroatoms. The van der Waals surface area contributed by atoms with Gasteiger partial charge in [-0.15, -0.1) is 0 Å². The molecule has 21 heavy (non-hydrogen) atoms. The van der Waals surface area contributed by atoms with Crippen molar-refractivity contribution in [1.29, 1.82) is 0 Å². The molecule has 112 valence electrons. The van der Waals surface area contributed by atoms with Gasteiger partial charge in [-0.3, -0.25) is 13.9 Å². The van der Waals surface area contributed by atoms with Crippen molar-refractivity contribution in [3.63, 3.8) is 0 Å². The third kappa shape index (κ3) is 2.63. The summed E-state index contributed by atoms with van der Waals surface area (Å²) >= 11 is 0. The molecule has 0 radical (unpaired) electrons. The highest BCUT2D eigenvalue weighted by atomic mass is 16.5. The van der Waals surface area contributed by atoms with E-state index < -0.39 is 0 Å². The van der Waals surface area contributed by atoms with Crippen molar-refractivity contribution in [1.82, 2.24) is 14.1 Å². The van der Waals surface area contributed by atoms with Crippen molar-refractivity contribution in [2.24, 2.45) is 13.0 Å². The first-order valence-electron chi connectivity index (χ1n) is 7.31. The summed E-state index contributed by atoms with van der Waals surface area (Å²) in [5.41, 5.74) is -0.0960. The highest BCUT2D eigenvalue weighted by molar-refractivity contribution is 5.73. The Morgan fingerprint density at radius 2 is 2.10 bits per heavy atom. The minimum Gasteiger partial charge on any atom is -0.381 e. The minimum atomic E-state index is -0.293. The molecule has 1 aliphatic rings. The van der Waals surface area contributed by atoms with Gasteiger partial charge in [0.15, 0.2) is 0 Å². The van der Waals surface area contributed by atoms with Crippen molar-refractivity contribution in [2.75, 3.05) is 13.2 Å². The molecule has 0 unspecified atom stereocenters. The zero-order valence-electron chi connectivity index (χ0n) is 12.1. The number of ether oxygens (including phenoxy) is 1. The van der Waals surface area contributed by atoms with Crippen LogP contribution in [0.25, 0.3) is 11.0 Å². The fraction of sp³-hybridized carbons (Fsp3) is 0.533. The predicted molar refractivity (Wildman–Crippen MR) is 79.4 cm³/mol. The lowest BCUT2D eigenvalue weighted by Crippen LogP contribution is -2.40. The van der Waals surface area contributed by atoms with Crippen LogP contribution in [-0.2, 0) is 18.3 Å². The molecule has 3 rings (SSSR count). The van der Waals surface area contributed by atoms with Crippen molar-refractivity contribution >= 4 is 11.0 Å². The van der Waals surface area contributed by atoms with E-state index in [0.29, 0.717) is 23.5 Å².